The summed E-state index contributed by atoms with van der Waals surface area (Å²) in [5, 5.41) is 1.01. The van der Waals surface area contributed by atoms with Crippen LogP contribution < -0.4 is 10.3 Å². The van der Waals surface area contributed by atoms with Crippen molar-refractivity contribution in [1.29, 1.82) is 0 Å². The summed E-state index contributed by atoms with van der Waals surface area (Å²) in [5.74, 6) is -0.331. The van der Waals surface area contributed by atoms with Crippen LogP contribution in [0.3, 0.4) is 0 Å². The van der Waals surface area contributed by atoms with Gasteiger partial charge in [-0.1, -0.05) is 0 Å². The Morgan fingerprint density at radius 1 is 1.03 bits per heavy atom. The van der Waals surface area contributed by atoms with E-state index >= 15 is 4.39 Å². The molecule has 39 heavy (non-hydrogen) atoms. The van der Waals surface area contributed by atoms with E-state index in [1.54, 1.807) is 31.7 Å². The molecular formula is C27H39FN6O5. The summed E-state index contributed by atoms with van der Waals surface area (Å²) in [5.41, 5.74) is 2.92. The summed E-state index contributed by atoms with van der Waals surface area (Å²) in [7, 11) is 1.42. The van der Waals surface area contributed by atoms with E-state index < -0.39 is 29.0 Å². The fourth-order valence-corrected chi connectivity index (χ4v) is 4.46. The van der Waals surface area contributed by atoms with Gasteiger partial charge in [0.1, 0.15) is 22.8 Å². The fraction of sp³-hybridized carbons (Fsp3) is 0.630. The van der Waals surface area contributed by atoms with Gasteiger partial charge in [-0.25, -0.2) is 24.0 Å². The number of rotatable bonds is 4. The number of piperazine rings is 1. The molecule has 214 valence electrons. The van der Waals surface area contributed by atoms with Gasteiger partial charge in [0.2, 0.25) is 5.91 Å². The molecule has 0 radical (unpaired) electrons. The Kier molecular flexibility index (Phi) is 7.68. The van der Waals surface area contributed by atoms with Crippen molar-refractivity contribution in [2.24, 2.45) is 0 Å². The number of carbonyl (C=O) groups excluding carboxylic acids is 3. The van der Waals surface area contributed by atoms with Crippen LogP contribution >= 0.6 is 0 Å². The first-order valence-corrected chi connectivity index (χ1v) is 13.3. The number of fused-ring (bicyclic) bond motifs is 1. The Hall–Kier alpha value is -3.57. The molecule has 0 bridgehead atoms. The maximum absolute atomic E-state index is 15.3. The molecule has 0 spiro atoms. The molecule has 3 amide bonds. The first-order valence-electron chi connectivity index (χ1n) is 13.3. The Balaban J connectivity index is 1.49. The molecule has 0 atom stereocenters. The van der Waals surface area contributed by atoms with Crippen molar-refractivity contribution in [3.63, 3.8) is 0 Å². The number of hydrazine groups is 1. The van der Waals surface area contributed by atoms with E-state index in [-0.39, 0.29) is 18.6 Å². The molecule has 12 heteroatoms. The lowest BCUT2D eigenvalue weighted by Gasteiger charge is -2.36. The maximum Gasteiger partial charge on any atom is 0.428 e. The molecule has 2 heterocycles. The third kappa shape index (κ3) is 7.10. The predicted molar refractivity (Wildman–Crippen MR) is 144 cm³/mol. The zero-order valence-corrected chi connectivity index (χ0v) is 23.8. The number of ether oxygens (including phenoxy) is 2. The molecule has 0 unspecified atom stereocenters. The number of hydrogen-bond donors (Lipinski definition) is 1. The summed E-state index contributed by atoms with van der Waals surface area (Å²) < 4.78 is 28.0. The number of anilines is 1. The highest BCUT2D eigenvalue weighted by Gasteiger charge is 2.32. The smallest absolute Gasteiger partial charge is 0.428 e. The van der Waals surface area contributed by atoms with Crippen molar-refractivity contribution in [3.8, 4) is 0 Å². The molecule has 2 aromatic rings. The van der Waals surface area contributed by atoms with Crippen molar-refractivity contribution in [1.82, 2.24) is 24.9 Å². The highest BCUT2D eigenvalue weighted by molar-refractivity contribution is 5.84. The first-order chi connectivity index (χ1) is 18.1. The topological polar surface area (TPSA) is 109 Å². The van der Waals surface area contributed by atoms with Crippen molar-refractivity contribution < 1.29 is 28.2 Å². The lowest BCUT2D eigenvalue weighted by molar-refractivity contribution is -0.124. The van der Waals surface area contributed by atoms with Gasteiger partial charge in [0, 0.05) is 45.3 Å². The van der Waals surface area contributed by atoms with Gasteiger partial charge in [-0.2, -0.15) is 0 Å². The van der Waals surface area contributed by atoms with Crippen LogP contribution in [0.2, 0.25) is 0 Å². The summed E-state index contributed by atoms with van der Waals surface area (Å²) >= 11 is 0. The Morgan fingerprint density at radius 2 is 1.64 bits per heavy atom. The second-order valence-corrected chi connectivity index (χ2v) is 12.1. The van der Waals surface area contributed by atoms with Crippen LogP contribution in [-0.2, 0) is 20.7 Å². The van der Waals surface area contributed by atoms with Crippen LogP contribution in [0.15, 0.2) is 12.1 Å². The van der Waals surface area contributed by atoms with E-state index in [9.17, 15) is 14.4 Å². The number of imidazole rings is 1. The van der Waals surface area contributed by atoms with Gasteiger partial charge >= 0.3 is 12.2 Å². The summed E-state index contributed by atoms with van der Waals surface area (Å²) in [6.45, 7) is 12.5. The van der Waals surface area contributed by atoms with Gasteiger partial charge < -0.3 is 23.8 Å². The summed E-state index contributed by atoms with van der Waals surface area (Å²) in [4.78, 5) is 45.5. The van der Waals surface area contributed by atoms with Gasteiger partial charge in [0.25, 0.3) is 0 Å². The minimum Gasteiger partial charge on any atom is -0.444 e. The van der Waals surface area contributed by atoms with Crippen LogP contribution in [0.25, 0.3) is 11.0 Å². The molecule has 11 nitrogen and oxygen atoms in total. The van der Waals surface area contributed by atoms with E-state index in [2.05, 4.69) is 10.4 Å². The molecule has 1 saturated heterocycles. The van der Waals surface area contributed by atoms with Gasteiger partial charge in [-0.3, -0.25) is 10.2 Å². The van der Waals surface area contributed by atoms with Crippen molar-refractivity contribution in [2.45, 2.75) is 78.0 Å². The van der Waals surface area contributed by atoms with Gasteiger partial charge in [0.15, 0.2) is 0 Å². The summed E-state index contributed by atoms with van der Waals surface area (Å²) in [6, 6.07) is 3.37. The van der Waals surface area contributed by atoms with Gasteiger partial charge in [-0.05, 0) is 60.5 Å². The lowest BCUT2D eigenvalue weighted by Crippen LogP contribution is -2.50. The van der Waals surface area contributed by atoms with Gasteiger partial charge in [-0.15, -0.1) is 0 Å². The number of nitrogens with zero attached hydrogens (tertiary/aromatic N) is 5. The SMILES string of the molecule is CN(NC(=O)Cc1nc2cc(F)c(N3CCN(C(=O)OC(C)(C)C)CC3)cc2n1C1CC1)C(=O)OC(C)(C)C. The normalized spacial score (nSPS) is 16.3. The first kappa shape index (κ1) is 28.4. The highest BCUT2D eigenvalue weighted by Crippen LogP contribution is 2.40. The molecule has 1 aliphatic heterocycles. The number of benzene rings is 1. The Bertz CT molecular complexity index is 1250. The lowest BCUT2D eigenvalue weighted by atomic mass is 10.2. The van der Waals surface area contributed by atoms with Crippen LogP contribution in [0.4, 0.5) is 19.7 Å². The molecule has 1 N–H and O–H groups in total. The van der Waals surface area contributed by atoms with E-state index in [0.717, 1.165) is 23.4 Å². The number of nitrogens with one attached hydrogen (secondary N) is 1. The third-order valence-corrected chi connectivity index (χ3v) is 6.29. The molecular weight excluding hydrogens is 507 g/mol. The number of carbonyl (C=O) groups is 3. The average molecular weight is 547 g/mol. The Labute approximate surface area is 228 Å². The number of aromatic nitrogens is 2. The van der Waals surface area contributed by atoms with E-state index in [1.165, 1.54) is 13.1 Å². The molecule has 1 saturated carbocycles. The molecule has 4 rings (SSSR count). The number of hydrogen-bond acceptors (Lipinski definition) is 7. The van der Waals surface area contributed by atoms with E-state index in [1.807, 2.05) is 30.2 Å². The van der Waals surface area contributed by atoms with Crippen LogP contribution in [-0.4, -0.2) is 82.0 Å². The zero-order valence-electron chi connectivity index (χ0n) is 23.8. The second-order valence-electron chi connectivity index (χ2n) is 12.1. The molecule has 1 aliphatic carbocycles. The van der Waals surface area contributed by atoms with E-state index in [4.69, 9.17) is 9.47 Å². The van der Waals surface area contributed by atoms with Crippen molar-refractivity contribution in [3.05, 3.63) is 23.8 Å². The van der Waals surface area contributed by atoms with Crippen LogP contribution in [0, 0.1) is 5.82 Å². The standard InChI is InChI=1S/C27H39FN6O5/c1-26(2,3)38-24(36)31(7)30-23(35)16-22-29-19-14-18(28)20(15-21(19)34(22)17-8-9-17)32-10-12-33(13-11-32)25(37)39-27(4,5)6/h14-15,17H,8-13,16H2,1-7H3,(H,30,35). The zero-order chi connectivity index (χ0) is 28.7. The van der Waals surface area contributed by atoms with Gasteiger partial charge in [0.05, 0.1) is 23.1 Å². The minimum absolute atomic E-state index is 0.0795. The third-order valence-electron chi connectivity index (χ3n) is 6.29. The molecule has 1 aromatic carbocycles. The largest absolute Gasteiger partial charge is 0.444 e. The van der Waals surface area contributed by atoms with Crippen molar-refractivity contribution >= 4 is 34.8 Å². The molecule has 1 aromatic heterocycles. The number of halogens is 1. The quantitative estimate of drug-likeness (QED) is 0.577. The summed E-state index contributed by atoms with van der Waals surface area (Å²) in [6.07, 6.45) is 0.762. The molecule has 2 aliphatic rings. The predicted octanol–water partition coefficient (Wildman–Crippen LogP) is 4.01. The minimum atomic E-state index is -0.694. The van der Waals surface area contributed by atoms with Crippen LogP contribution in [0.5, 0.6) is 0 Å². The number of amides is 3. The highest BCUT2D eigenvalue weighted by atomic mass is 19.1. The maximum atomic E-state index is 15.3. The molecule has 2 fully saturated rings. The second kappa shape index (κ2) is 10.5. The monoisotopic (exact) mass is 546 g/mol. The van der Waals surface area contributed by atoms with Crippen LogP contribution in [0.1, 0.15) is 66.3 Å². The Morgan fingerprint density at radius 3 is 2.21 bits per heavy atom. The average Bonchev–Trinajstić information content (AvgIpc) is 3.58. The van der Waals surface area contributed by atoms with Crippen molar-refractivity contribution in [2.75, 3.05) is 38.1 Å². The fourth-order valence-electron chi connectivity index (χ4n) is 4.46. The van der Waals surface area contributed by atoms with E-state index in [0.29, 0.717) is 43.2 Å².